The molecule has 1 unspecified atom stereocenters. The Kier molecular flexibility index (Phi) is 3.48. The Hall–Kier alpha value is -1.13. The second kappa shape index (κ2) is 5.24. The lowest BCUT2D eigenvalue weighted by Gasteiger charge is -2.21. The van der Waals surface area contributed by atoms with Gasteiger partial charge in [-0.25, -0.2) is 0 Å². The molecule has 3 rings (SSSR count). The van der Waals surface area contributed by atoms with Crippen molar-refractivity contribution in [3.05, 3.63) is 40.5 Å². The van der Waals surface area contributed by atoms with Crippen LogP contribution in [0.25, 0.3) is 11.3 Å². The van der Waals surface area contributed by atoms with Gasteiger partial charge in [-0.1, -0.05) is 28.1 Å². The molecule has 1 atom stereocenters. The van der Waals surface area contributed by atoms with Crippen molar-refractivity contribution in [2.45, 2.75) is 18.8 Å². The number of aromatic nitrogens is 2. The van der Waals surface area contributed by atoms with E-state index in [-0.39, 0.29) is 0 Å². The van der Waals surface area contributed by atoms with Crippen molar-refractivity contribution in [3.8, 4) is 11.3 Å². The van der Waals surface area contributed by atoms with E-state index in [0.29, 0.717) is 5.92 Å². The number of H-pyrrole nitrogens is 1. The minimum Gasteiger partial charge on any atom is -0.316 e. The average molecular weight is 306 g/mol. The van der Waals surface area contributed by atoms with Crippen LogP contribution < -0.4 is 5.32 Å². The minimum atomic E-state index is 0.576. The van der Waals surface area contributed by atoms with Gasteiger partial charge in [0.15, 0.2) is 0 Å². The zero-order chi connectivity index (χ0) is 12.4. The summed E-state index contributed by atoms with van der Waals surface area (Å²) in [6.45, 7) is 2.20. The lowest BCUT2D eigenvalue weighted by Crippen LogP contribution is -2.28. The van der Waals surface area contributed by atoms with Crippen molar-refractivity contribution in [1.29, 1.82) is 0 Å². The number of piperidine rings is 1. The van der Waals surface area contributed by atoms with E-state index >= 15 is 0 Å². The zero-order valence-corrected chi connectivity index (χ0v) is 11.7. The molecule has 18 heavy (non-hydrogen) atoms. The van der Waals surface area contributed by atoms with Gasteiger partial charge in [0.05, 0.1) is 5.69 Å². The van der Waals surface area contributed by atoms with Gasteiger partial charge in [-0.15, -0.1) is 0 Å². The first-order chi connectivity index (χ1) is 8.83. The van der Waals surface area contributed by atoms with Gasteiger partial charge in [-0.2, -0.15) is 5.10 Å². The van der Waals surface area contributed by atoms with E-state index in [1.165, 1.54) is 18.5 Å². The van der Waals surface area contributed by atoms with Crippen molar-refractivity contribution >= 4 is 15.9 Å². The molecule has 0 saturated carbocycles. The Balaban J connectivity index is 1.84. The van der Waals surface area contributed by atoms with Gasteiger partial charge >= 0.3 is 0 Å². The van der Waals surface area contributed by atoms with E-state index in [9.17, 15) is 0 Å². The Labute approximate surface area is 115 Å². The molecule has 2 aromatic rings. The van der Waals surface area contributed by atoms with E-state index in [1.54, 1.807) is 0 Å². The Morgan fingerprint density at radius 3 is 3.00 bits per heavy atom. The lowest BCUT2D eigenvalue weighted by atomic mass is 9.96. The van der Waals surface area contributed by atoms with Crippen LogP contribution in [0.1, 0.15) is 24.5 Å². The van der Waals surface area contributed by atoms with Crippen LogP contribution in [0.4, 0.5) is 0 Å². The average Bonchev–Trinajstić information content (AvgIpc) is 2.89. The summed E-state index contributed by atoms with van der Waals surface area (Å²) in [4.78, 5) is 0. The third-order valence-corrected chi connectivity index (χ3v) is 3.95. The number of benzene rings is 1. The van der Waals surface area contributed by atoms with E-state index < -0.39 is 0 Å². The Bertz CT molecular complexity index is 529. The fraction of sp³-hybridized carbons (Fsp3) is 0.357. The Morgan fingerprint density at radius 1 is 1.28 bits per heavy atom. The van der Waals surface area contributed by atoms with Crippen LogP contribution in [0.5, 0.6) is 0 Å². The van der Waals surface area contributed by atoms with Crippen LogP contribution >= 0.6 is 15.9 Å². The van der Waals surface area contributed by atoms with E-state index in [2.05, 4.69) is 49.6 Å². The third kappa shape index (κ3) is 2.49. The highest BCUT2D eigenvalue weighted by Crippen LogP contribution is 2.26. The summed E-state index contributed by atoms with van der Waals surface area (Å²) >= 11 is 3.49. The zero-order valence-electron chi connectivity index (χ0n) is 10.1. The number of aromatic amines is 1. The monoisotopic (exact) mass is 305 g/mol. The number of rotatable bonds is 2. The minimum absolute atomic E-state index is 0.576. The summed E-state index contributed by atoms with van der Waals surface area (Å²) in [6, 6.07) is 10.4. The standard InChI is InChI=1S/C14H16BrN3/c15-12-5-1-3-10(7-12)13-8-14(18-17-13)11-4-2-6-16-9-11/h1,3,5,7-8,11,16H,2,4,6,9H2,(H,17,18). The van der Waals surface area contributed by atoms with Crippen molar-refractivity contribution < 1.29 is 0 Å². The first-order valence-corrected chi connectivity index (χ1v) is 7.14. The number of halogens is 1. The molecular weight excluding hydrogens is 290 g/mol. The summed E-state index contributed by atoms with van der Waals surface area (Å²) in [5.41, 5.74) is 3.42. The lowest BCUT2D eigenvalue weighted by molar-refractivity contribution is 0.454. The molecule has 1 aromatic carbocycles. The van der Waals surface area contributed by atoms with Gasteiger partial charge in [-0.3, -0.25) is 5.10 Å². The van der Waals surface area contributed by atoms with Gasteiger partial charge in [0.2, 0.25) is 0 Å². The molecule has 3 nitrogen and oxygen atoms in total. The molecule has 0 radical (unpaired) electrons. The maximum Gasteiger partial charge on any atom is 0.0924 e. The Morgan fingerprint density at radius 2 is 2.22 bits per heavy atom. The predicted molar refractivity (Wildman–Crippen MR) is 76.6 cm³/mol. The quantitative estimate of drug-likeness (QED) is 0.894. The largest absolute Gasteiger partial charge is 0.316 e. The maximum absolute atomic E-state index is 4.43. The topological polar surface area (TPSA) is 40.7 Å². The fourth-order valence-electron chi connectivity index (χ4n) is 2.46. The summed E-state index contributed by atoms with van der Waals surface area (Å²) in [5.74, 6) is 0.576. The second-order valence-electron chi connectivity index (χ2n) is 4.76. The molecule has 1 aliphatic heterocycles. The van der Waals surface area contributed by atoms with E-state index in [1.807, 2.05) is 12.1 Å². The van der Waals surface area contributed by atoms with Crippen LogP contribution in [-0.4, -0.2) is 23.3 Å². The van der Waals surface area contributed by atoms with Gasteiger partial charge in [0, 0.05) is 28.2 Å². The van der Waals surface area contributed by atoms with Gasteiger partial charge in [0.1, 0.15) is 0 Å². The van der Waals surface area contributed by atoms with Crippen LogP contribution in [-0.2, 0) is 0 Å². The number of hydrogen-bond donors (Lipinski definition) is 2. The molecule has 4 heteroatoms. The van der Waals surface area contributed by atoms with Crippen LogP contribution in [0.2, 0.25) is 0 Å². The van der Waals surface area contributed by atoms with Crippen molar-refractivity contribution in [2.75, 3.05) is 13.1 Å². The smallest absolute Gasteiger partial charge is 0.0924 e. The molecule has 2 N–H and O–H groups in total. The molecule has 1 fully saturated rings. The molecule has 0 bridgehead atoms. The first-order valence-electron chi connectivity index (χ1n) is 6.35. The first kappa shape index (κ1) is 11.9. The van der Waals surface area contributed by atoms with Gasteiger partial charge in [0.25, 0.3) is 0 Å². The van der Waals surface area contributed by atoms with Crippen molar-refractivity contribution in [2.24, 2.45) is 0 Å². The normalized spacial score (nSPS) is 19.9. The SMILES string of the molecule is Brc1cccc(-c2cc(C3CCCNC3)[nH]n2)c1. The van der Waals surface area contributed by atoms with Crippen molar-refractivity contribution in [1.82, 2.24) is 15.5 Å². The predicted octanol–water partition coefficient (Wildman–Crippen LogP) is 3.31. The van der Waals surface area contributed by atoms with Gasteiger partial charge < -0.3 is 5.32 Å². The summed E-state index contributed by atoms with van der Waals surface area (Å²) in [5, 5.41) is 11.1. The fourth-order valence-corrected chi connectivity index (χ4v) is 2.86. The van der Waals surface area contributed by atoms with E-state index in [0.717, 1.165) is 28.8 Å². The molecule has 1 saturated heterocycles. The number of hydrogen-bond acceptors (Lipinski definition) is 2. The number of nitrogens with zero attached hydrogens (tertiary/aromatic N) is 1. The highest BCUT2D eigenvalue weighted by Gasteiger charge is 2.17. The third-order valence-electron chi connectivity index (χ3n) is 3.45. The van der Waals surface area contributed by atoms with Gasteiger partial charge in [-0.05, 0) is 37.6 Å². The van der Waals surface area contributed by atoms with Crippen LogP contribution in [0.15, 0.2) is 34.8 Å². The molecule has 0 aliphatic carbocycles. The highest BCUT2D eigenvalue weighted by molar-refractivity contribution is 9.10. The summed E-state index contributed by atoms with van der Waals surface area (Å²) in [6.07, 6.45) is 2.49. The van der Waals surface area contributed by atoms with Crippen LogP contribution in [0, 0.1) is 0 Å². The molecule has 1 aliphatic rings. The highest BCUT2D eigenvalue weighted by atomic mass is 79.9. The molecule has 0 spiro atoms. The summed E-state index contributed by atoms with van der Waals surface area (Å²) < 4.78 is 1.09. The molecular formula is C14H16BrN3. The van der Waals surface area contributed by atoms with Crippen molar-refractivity contribution in [3.63, 3.8) is 0 Å². The maximum atomic E-state index is 4.43. The summed E-state index contributed by atoms with van der Waals surface area (Å²) in [7, 11) is 0. The molecule has 2 heterocycles. The van der Waals surface area contributed by atoms with Crippen LogP contribution in [0.3, 0.4) is 0 Å². The number of nitrogens with one attached hydrogen (secondary N) is 2. The molecule has 0 amide bonds. The van der Waals surface area contributed by atoms with E-state index in [4.69, 9.17) is 0 Å². The second-order valence-corrected chi connectivity index (χ2v) is 5.68. The molecule has 1 aromatic heterocycles. The molecule has 94 valence electrons.